The second kappa shape index (κ2) is 4.33. The predicted molar refractivity (Wildman–Crippen MR) is 89.0 cm³/mol. The molecule has 3 unspecified atom stereocenters. The van der Waals surface area contributed by atoms with Gasteiger partial charge < -0.3 is 0 Å². The van der Waals surface area contributed by atoms with E-state index in [1.54, 1.807) is 0 Å². The van der Waals surface area contributed by atoms with E-state index < -0.39 is 0 Å². The minimum Gasteiger partial charge on any atom is -0.271 e. The summed E-state index contributed by atoms with van der Waals surface area (Å²) >= 11 is 1.85. The molecular formula is C18H28N2S. The molecule has 1 aromatic rings. The summed E-state index contributed by atoms with van der Waals surface area (Å²) in [4.78, 5) is 1.43. The van der Waals surface area contributed by atoms with E-state index in [9.17, 15) is 0 Å². The Labute approximate surface area is 132 Å². The fourth-order valence-electron chi connectivity index (χ4n) is 7.15. The molecule has 4 saturated carbocycles. The van der Waals surface area contributed by atoms with Crippen LogP contribution in [0.3, 0.4) is 0 Å². The molecule has 116 valence electrons. The largest absolute Gasteiger partial charge is 0.271 e. The fourth-order valence-corrected chi connectivity index (χ4v) is 7.89. The highest BCUT2D eigenvalue weighted by molar-refractivity contribution is 7.10. The molecule has 21 heavy (non-hydrogen) atoms. The molecule has 4 fully saturated rings. The van der Waals surface area contributed by atoms with Crippen molar-refractivity contribution in [1.29, 1.82) is 0 Å². The third-order valence-electron chi connectivity index (χ3n) is 6.66. The molecule has 5 rings (SSSR count). The van der Waals surface area contributed by atoms with Crippen LogP contribution in [0.5, 0.6) is 0 Å². The molecule has 0 spiro atoms. The fraction of sp³-hybridized carbons (Fsp3) is 0.778. The number of nitrogens with two attached hydrogens (primary N) is 1. The van der Waals surface area contributed by atoms with Gasteiger partial charge in [-0.2, -0.15) is 0 Å². The van der Waals surface area contributed by atoms with Crippen LogP contribution in [0, 0.1) is 29.1 Å². The zero-order chi connectivity index (χ0) is 14.9. The lowest BCUT2D eigenvalue weighted by Gasteiger charge is -2.67. The van der Waals surface area contributed by atoms with E-state index >= 15 is 0 Å². The first-order valence-corrected chi connectivity index (χ1v) is 9.25. The van der Waals surface area contributed by atoms with Crippen molar-refractivity contribution in [2.24, 2.45) is 28.0 Å². The summed E-state index contributed by atoms with van der Waals surface area (Å²) in [6.07, 6.45) is 8.42. The van der Waals surface area contributed by atoms with E-state index in [4.69, 9.17) is 5.84 Å². The normalized spacial score (nSPS) is 46.0. The van der Waals surface area contributed by atoms with Crippen LogP contribution in [0.25, 0.3) is 0 Å². The molecule has 1 aromatic heterocycles. The number of nitrogens with one attached hydrogen (secondary N) is 1. The highest BCUT2D eigenvalue weighted by Gasteiger charge is 2.62. The van der Waals surface area contributed by atoms with Crippen molar-refractivity contribution >= 4 is 11.3 Å². The van der Waals surface area contributed by atoms with Crippen molar-refractivity contribution in [1.82, 2.24) is 5.43 Å². The number of hydrogen-bond donors (Lipinski definition) is 2. The number of thiophene rings is 1. The Morgan fingerprint density at radius 3 is 2.33 bits per heavy atom. The van der Waals surface area contributed by atoms with E-state index in [0.717, 1.165) is 5.92 Å². The zero-order valence-electron chi connectivity index (χ0n) is 13.5. The van der Waals surface area contributed by atoms with Gasteiger partial charge in [-0.1, -0.05) is 13.8 Å². The Bertz CT molecular complexity index is 545. The molecule has 0 aromatic carbocycles. The van der Waals surface area contributed by atoms with Crippen LogP contribution in [-0.2, 0) is 0 Å². The van der Waals surface area contributed by atoms with Crippen molar-refractivity contribution in [3.05, 3.63) is 21.9 Å². The zero-order valence-corrected chi connectivity index (χ0v) is 14.4. The summed E-state index contributed by atoms with van der Waals surface area (Å²) in [5, 5.41) is 2.22. The molecule has 0 saturated heterocycles. The molecule has 0 amide bonds. The average molecular weight is 305 g/mol. The molecule has 0 aliphatic heterocycles. The molecular weight excluding hydrogens is 276 g/mol. The van der Waals surface area contributed by atoms with E-state index in [0.29, 0.717) is 22.3 Å². The summed E-state index contributed by atoms with van der Waals surface area (Å²) < 4.78 is 0. The molecule has 2 nitrogen and oxygen atoms in total. The molecule has 4 aliphatic carbocycles. The summed E-state index contributed by atoms with van der Waals surface area (Å²) in [5.74, 6) is 7.02. The number of hydrogen-bond acceptors (Lipinski definition) is 3. The molecule has 4 aliphatic rings. The van der Waals surface area contributed by atoms with E-state index in [1.165, 1.54) is 49.0 Å². The van der Waals surface area contributed by atoms with E-state index in [1.807, 2.05) is 11.3 Å². The van der Waals surface area contributed by atoms with Gasteiger partial charge in [0.1, 0.15) is 0 Å². The van der Waals surface area contributed by atoms with Crippen LogP contribution in [-0.4, -0.2) is 0 Å². The Balaban J connectivity index is 1.78. The van der Waals surface area contributed by atoms with Crippen LogP contribution in [0.2, 0.25) is 0 Å². The number of hydrazine groups is 1. The van der Waals surface area contributed by atoms with Crippen LogP contribution < -0.4 is 11.3 Å². The minimum absolute atomic E-state index is 0.339. The first-order valence-electron chi connectivity index (χ1n) is 8.37. The van der Waals surface area contributed by atoms with E-state index in [2.05, 4.69) is 37.6 Å². The lowest BCUT2D eigenvalue weighted by atomic mass is 9.39. The van der Waals surface area contributed by atoms with Gasteiger partial charge in [0.25, 0.3) is 0 Å². The van der Waals surface area contributed by atoms with Gasteiger partial charge in [-0.15, -0.1) is 11.3 Å². The van der Waals surface area contributed by atoms with Crippen LogP contribution >= 0.6 is 11.3 Å². The van der Waals surface area contributed by atoms with Crippen LogP contribution in [0.1, 0.15) is 68.9 Å². The van der Waals surface area contributed by atoms with Gasteiger partial charge in [-0.05, 0) is 84.6 Å². The molecule has 3 atom stereocenters. The molecule has 3 N–H and O–H groups in total. The third kappa shape index (κ3) is 2.04. The number of rotatable bonds is 3. The average Bonchev–Trinajstić information content (AvgIpc) is 2.71. The Kier molecular flexibility index (Phi) is 2.94. The van der Waals surface area contributed by atoms with Gasteiger partial charge in [0.2, 0.25) is 0 Å². The van der Waals surface area contributed by atoms with Gasteiger partial charge in [0.15, 0.2) is 0 Å². The van der Waals surface area contributed by atoms with Gasteiger partial charge in [-0.25, -0.2) is 0 Å². The van der Waals surface area contributed by atoms with Crippen molar-refractivity contribution in [2.45, 2.75) is 65.3 Å². The second-order valence-corrected chi connectivity index (χ2v) is 10.1. The lowest BCUT2D eigenvalue weighted by Crippen LogP contribution is -2.59. The highest BCUT2D eigenvalue weighted by atomic mass is 32.1. The first kappa shape index (κ1) is 14.2. The third-order valence-corrected chi connectivity index (χ3v) is 7.52. The molecule has 3 heteroatoms. The topological polar surface area (TPSA) is 38.0 Å². The van der Waals surface area contributed by atoms with Crippen molar-refractivity contribution in [2.75, 3.05) is 0 Å². The quantitative estimate of drug-likeness (QED) is 0.634. The Morgan fingerprint density at radius 2 is 1.86 bits per heavy atom. The standard InChI is InChI=1S/C18H28N2S/c1-12-14(4-5-21-12)15(20-19)18-8-13-6-16(2,10-18)9-17(3,7-13)11-18/h4-5,13,15,20H,6-11,19H2,1-3H3. The Hall–Kier alpha value is -0.380. The predicted octanol–water partition coefficient (Wildman–Crippen LogP) is 4.56. The molecule has 0 radical (unpaired) electrons. The summed E-state index contributed by atoms with van der Waals surface area (Å²) in [6.45, 7) is 7.32. The Morgan fingerprint density at radius 1 is 1.19 bits per heavy atom. The SMILES string of the molecule is Cc1sccc1C(NN)C12CC3CC(C)(CC(C)(C3)C1)C2. The molecule has 4 bridgehead atoms. The summed E-state index contributed by atoms with van der Waals surface area (Å²) in [6, 6.07) is 2.64. The number of aryl methyl sites for hydroxylation is 1. The van der Waals surface area contributed by atoms with Gasteiger partial charge in [-0.3, -0.25) is 11.3 Å². The monoisotopic (exact) mass is 304 g/mol. The highest BCUT2D eigenvalue weighted by Crippen LogP contribution is 2.72. The molecule has 1 heterocycles. The van der Waals surface area contributed by atoms with Crippen molar-refractivity contribution in [3.8, 4) is 0 Å². The summed E-state index contributed by atoms with van der Waals surface area (Å²) in [5.41, 5.74) is 6.17. The van der Waals surface area contributed by atoms with Crippen molar-refractivity contribution < 1.29 is 0 Å². The van der Waals surface area contributed by atoms with Gasteiger partial charge in [0.05, 0.1) is 6.04 Å². The lowest BCUT2D eigenvalue weighted by molar-refractivity contribution is -0.158. The smallest absolute Gasteiger partial charge is 0.0527 e. The summed E-state index contributed by atoms with van der Waals surface area (Å²) in [7, 11) is 0. The maximum Gasteiger partial charge on any atom is 0.0527 e. The second-order valence-electron chi connectivity index (χ2n) is 9.02. The van der Waals surface area contributed by atoms with Gasteiger partial charge >= 0.3 is 0 Å². The first-order chi connectivity index (χ1) is 9.87. The van der Waals surface area contributed by atoms with Crippen LogP contribution in [0.4, 0.5) is 0 Å². The van der Waals surface area contributed by atoms with Crippen molar-refractivity contribution in [3.63, 3.8) is 0 Å². The maximum absolute atomic E-state index is 6.10. The van der Waals surface area contributed by atoms with Crippen LogP contribution in [0.15, 0.2) is 11.4 Å². The maximum atomic E-state index is 6.10. The van der Waals surface area contributed by atoms with E-state index in [-0.39, 0.29) is 0 Å². The van der Waals surface area contributed by atoms with Gasteiger partial charge in [0, 0.05) is 4.88 Å². The minimum atomic E-state index is 0.339.